The fourth-order valence-corrected chi connectivity index (χ4v) is 2.59. The molecule has 0 radical (unpaired) electrons. The van der Waals surface area contributed by atoms with Crippen molar-refractivity contribution in [2.45, 2.75) is 30.7 Å². The van der Waals surface area contributed by atoms with Crippen molar-refractivity contribution >= 4 is 0 Å². The normalized spacial score (nSPS) is 43.2. The van der Waals surface area contributed by atoms with Crippen LogP contribution in [0.2, 0.25) is 0 Å². The number of ether oxygens (including phenoxy) is 1. The molecular weight excluding hydrogens is 166 g/mol. The van der Waals surface area contributed by atoms with Gasteiger partial charge in [0.1, 0.15) is 12.3 Å². The van der Waals surface area contributed by atoms with Crippen LogP contribution >= 0.6 is 0 Å². The molecule has 0 saturated carbocycles. The molecule has 0 aromatic heterocycles. The zero-order chi connectivity index (χ0) is 8.89. The first-order chi connectivity index (χ1) is 6.30. The van der Waals surface area contributed by atoms with E-state index in [-0.39, 0.29) is 0 Å². The summed E-state index contributed by atoms with van der Waals surface area (Å²) in [5, 5.41) is 6.88. The smallest absolute Gasteiger partial charge is 0.138 e. The fourth-order valence-electron chi connectivity index (χ4n) is 2.59. The highest BCUT2D eigenvalue weighted by Crippen LogP contribution is 2.39. The fraction of sp³-hybridized carbons (Fsp3) is 1.00. The summed E-state index contributed by atoms with van der Waals surface area (Å²) in [7, 11) is 2.19. The lowest BCUT2D eigenvalue weighted by atomic mass is 9.83. The van der Waals surface area contributed by atoms with Gasteiger partial charge in [0.05, 0.1) is 5.54 Å². The molecule has 0 bridgehead atoms. The molecule has 4 nitrogen and oxygen atoms in total. The molecule has 3 rings (SSSR count). The van der Waals surface area contributed by atoms with Crippen LogP contribution in [0.4, 0.5) is 0 Å². The summed E-state index contributed by atoms with van der Waals surface area (Å²) in [5.41, 5.74) is 0.294. The Morgan fingerprint density at radius 1 is 1.38 bits per heavy atom. The second kappa shape index (κ2) is 2.67. The van der Waals surface area contributed by atoms with Gasteiger partial charge in [-0.15, -0.1) is 0 Å². The number of epoxide rings is 1. The van der Waals surface area contributed by atoms with Gasteiger partial charge in [-0.05, 0) is 33.0 Å². The molecule has 3 aliphatic heterocycles. The Bertz CT molecular complexity index is 213. The van der Waals surface area contributed by atoms with E-state index in [0.717, 1.165) is 6.67 Å². The van der Waals surface area contributed by atoms with Crippen molar-refractivity contribution in [1.82, 2.24) is 15.5 Å². The zero-order valence-electron chi connectivity index (χ0n) is 8.05. The highest BCUT2D eigenvalue weighted by atomic mass is 16.6. The van der Waals surface area contributed by atoms with Crippen molar-refractivity contribution in [2.75, 3.05) is 26.8 Å². The second-order valence-electron chi connectivity index (χ2n) is 4.49. The van der Waals surface area contributed by atoms with Crippen LogP contribution in [-0.4, -0.2) is 49.6 Å². The Balaban J connectivity index is 1.73. The molecule has 3 fully saturated rings. The van der Waals surface area contributed by atoms with Gasteiger partial charge in [-0.2, -0.15) is 0 Å². The Kier molecular flexibility index (Phi) is 1.68. The van der Waals surface area contributed by atoms with Gasteiger partial charge in [0.2, 0.25) is 0 Å². The van der Waals surface area contributed by atoms with E-state index < -0.39 is 0 Å². The summed E-state index contributed by atoms with van der Waals surface area (Å²) in [4.78, 5) is 2.40. The van der Waals surface area contributed by atoms with Crippen LogP contribution in [-0.2, 0) is 4.74 Å². The van der Waals surface area contributed by atoms with E-state index in [1.807, 2.05) is 0 Å². The maximum atomic E-state index is 5.61. The summed E-state index contributed by atoms with van der Waals surface area (Å²) >= 11 is 0. The Morgan fingerprint density at radius 3 is 2.92 bits per heavy atom. The highest BCUT2D eigenvalue weighted by Gasteiger charge is 2.57. The molecule has 3 saturated heterocycles. The molecule has 13 heavy (non-hydrogen) atoms. The van der Waals surface area contributed by atoms with Crippen molar-refractivity contribution in [2.24, 2.45) is 0 Å². The molecule has 2 unspecified atom stereocenters. The van der Waals surface area contributed by atoms with Gasteiger partial charge in [0.25, 0.3) is 0 Å². The zero-order valence-corrected chi connectivity index (χ0v) is 8.05. The van der Waals surface area contributed by atoms with Crippen molar-refractivity contribution in [3.8, 4) is 0 Å². The van der Waals surface area contributed by atoms with E-state index >= 15 is 0 Å². The van der Waals surface area contributed by atoms with Crippen molar-refractivity contribution in [3.05, 3.63) is 0 Å². The maximum Gasteiger partial charge on any atom is 0.138 e. The number of hydrogen-bond acceptors (Lipinski definition) is 4. The molecule has 3 aliphatic rings. The Labute approximate surface area is 78.6 Å². The number of nitrogens with one attached hydrogen (secondary N) is 2. The molecule has 1 spiro atoms. The third-order valence-electron chi connectivity index (χ3n) is 3.66. The number of rotatable bonds is 0. The third-order valence-corrected chi connectivity index (χ3v) is 3.66. The van der Waals surface area contributed by atoms with Gasteiger partial charge in [0.15, 0.2) is 0 Å². The SMILES string of the molecule is CN1CCC2(CC1)NCNC1OC12. The Hall–Kier alpha value is -0.160. The number of nitrogens with zero attached hydrogens (tertiary/aromatic N) is 1. The van der Waals surface area contributed by atoms with Gasteiger partial charge < -0.3 is 9.64 Å². The van der Waals surface area contributed by atoms with Crippen molar-refractivity contribution in [3.63, 3.8) is 0 Å². The number of hydrogen-bond donors (Lipinski definition) is 2. The monoisotopic (exact) mass is 183 g/mol. The summed E-state index contributed by atoms with van der Waals surface area (Å²) in [5.74, 6) is 0. The minimum Gasteiger partial charge on any atom is -0.351 e. The van der Waals surface area contributed by atoms with E-state index in [9.17, 15) is 0 Å². The molecular formula is C9H17N3O. The van der Waals surface area contributed by atoms with Crippen LogP contribution in [0.1, 0.15) is 12.8 Å². The first-order valence-corrected chi connectivity index (χ1v) is 5.13. The molecule has 0 aliphatic carbocycles. The molecule has 0 aromatic rings. The van der Waals surface area contributed by atoms with Gasteiger partial charge in [-0.1, -0.05) is 0 Å². The second-order valence-corrected chi connectivity index (χ2v) is 4.49. The quantitative estimate of drug-likeness (QED) is 0.488. The molecule has 0 amide bonds. The van der Waals surface area contributed by atoms with E-state index in [1.165, 1.54) is 25.9 Å². The van der Waals surface area contributed by atoms with E-state index in [2.05, 4.69) is 22.6 Å². The molecule has 2 atom stereocenters. The van der Waals surface area contributed by atoms with Crippen LogP contribution in [0, 0.1) is 0 Å². The van der Waals surface area contributed by atoms with Gasteiger partial charge in [0, 0.05) is 6.67 Å². The lowest BCUT2D eigenvalue weighted by Gasteiger charge is -2.42. The van der Waals surface area contributed by atoms with Crippen molar-refractivity contribution < 1.29 is 4.74 Å². The van der Waals surface area contributed by atoms with Crippen LogP contribution < -0.4 is 10.6 Å². The predicted octanol–water partition coefficient (Wildman–Crippen LogP) is -0.674. The number of likely N-dealkylation sites (tertiary alicyclic amines) is 1. The molecule has 74 valence electrons. The maximum absolute atomic E-state index is 5.61. The summed E-state index contributed by atoms with van der Waals surface area (Å²) in [6.07, 6.45) is 3.25. The van der Waals surface area contributed by atoms with E-state index in [0.29, 0.717) is 17.9 Å². The minimum atomic E-state index is 0.294. The van der Waals surface area contributed by atoms with E-state index in [1.54, 1.807) is 0 Å². The molecule has 4 heteroatoms. The predicted molar refractivity (Wildman–Crippen MR) is 49.3 cm³/mol. The summed E-state index contributed by atoms with van der Waals surface area (Å²) in [6, 6.07) is 0. The molecule has 2 N–H and O–H groups in total. The average Bonchev–Trinajstić information content (AvgIpc) is 2.91. The van der Waals surface area contributed by atoms with Gasteiger partial charge in [-0.25, -0.2) is 0 Å². The number of piperidine rings is 1. The topological polar surface area (TPSA) is 39.8 Å². The van der Waals surface area contributed by atoms with Crippen LogP contribution in [0.25, 0.3) is 0 Å². The third kappa shape index (κ3) is 1.21. The largest absolute Gasteiger partial charge is 0.351 e. The van der Waals surface area contributed by atoms with E-state index in [4.69, 9.17) is 4.74 Å². The van der Waals surface area contributed by atoms with Crippen LogP contribution in [0.15, 0.2) is 0 Å². The standard InChI is InChI=1S/C9H17N3O/c1-12-4-2-9(3-5-12)7-8(13-7)10-6-11-9/h7-8,10-11H,2-6H2,1H3. The van der Waals surface area contributed by atoms with Crippen LogP contribution in [0.3, 0.4) is 0 Å². The highest BCUT2D eigenvalue weighted by molar-refractivity contribution is 5.10. The first kappa shape index (κ1) is 8.17. The average molecular weight is 183 g/mol. The lowest BCUT2D eigenvalue weighted by molar-refractivity contribution is 0.122. The minimum absolute atomic E-state index is 0.294. The lowest BCUT2D eigenvalue weighted by Crippen LogP contribution is -2.62. The molecule has 0 aromatic carbocycles. The van der Waals surface area contributed by atoms with Gasteiger partial charge in [-0.3, -0.25) is 10.6 Å². The summed E-state index contributed by atoms with van der Waals surface area (Å²) in [6.45, 7) is 3.30. The van der Waals surface area contributed by atoms with Gasteiger partial charge >= 0.3 is 0 Å². The van der Waals surface area contributed by atoms with Crippen molar-refractivity contribution in [1.29, 1.82) is 0 Å². The summed E-state index contributed by atoms with van der Waals surface area (Å²) < 4.78 is 5.61. The first-order valence-electron chi connectivity index (χ1n) is 5.13. The van der Waals surface area contributed by atoms with Crippen LogP contribution in [0.5, 0.6) is 0 Å². The Morgan fingerprint density at radius 2 is 2.15 bits per heavy atom. The number of fused-ring (bicyclic) bond motifs is 2. The molecule has 3 heterocycles.